The summed E-state index contributed by atoms with van der Waals surface area (Å²) in [7, 11) is -3.72. The number of carboxylic acids is 1. The van der Waals surface area contributed by atoms with Gasteiger partial charge in [0.15, 0.2) is 0 Å². The minimum atomic E-state index is -3.72. The normalized spacial score (nSPS) is 29.8. The number of nitrogens with zero attached hydrogens (tertiary/aromatic N) is 1. The summed E-state index contributed by atoms with van der Waals surface area (Å²) in [6, 6.07) is 0. The van der Waals surface area contributed by atoms with Crippen molar-refractivity contribution in [1.29, 1.82) is 0 Å². The molecule has 1 saturated heterocycles. The van der Waals surface area contributed by atoms with Gasteiger partial charge in [-0.3, -0.25) is 9.59 Å². The van der Waals surface area contributed by atoms with Gasteiger partial charge < -0.3 is 10.4 Å². The second kappa shape index (κ2) is 5.46. The number of sulfonamides is 1. The van der Waals surface area contributed by atoms with E-state index in [0.29, 0.717) is 32.2 Å². The molecule has 2 aliphatic rings. The maximum Gasteiger partial charge on any atom is 0.307 e. The van der Waals surface area contributed by atoms with Crippen molar-refractivity contribution in [3.8, 4) is 0 Å². The van der Waals surface area contributed by atoms with Crippen LogP contribution in [0.4, 0.5) is 0 Å². The Kier molecular flexibility index (Phi) is 4.10. The second-order valence-corrected chi connectivity index (χ2v) is 7.15. The average Bonchev–Trinajstić information content (AvgIpc) is 2.73. The number of amides is 1. The van der Waals surface area contributed by atoms with Gasteiger partial charge >= 0.3 is 5.97 Å². The van der Waals surface area contributed by atoms with Gasteiger partial charge in [-0.2, -0.15) is 4.31 Å². The van der Waals surface area contributed by atoms with Gasteiger partial charge in [-0.15, -0.1) is 0 Å². The fourth-order valence-electron chi connectivity index (χ4n) is 2.75. The molecule has 1 saturated carbocycles. The van der Waals surface area contributed by atoms with E-state index in [1.165, 1.54) is 0 Å². The van der Waals surface area contributed by atoms with E-state index in [-0.39, 0.29) is 19.0 Å². The molecule has 2 rings (SSSR count). The highest BCUT2D eigenvalue weighted by atomic mass is 32.2. The number of hydrogen-bond donors (Lipinski definition) is 2. The van der Waals surface area contributed by atoms with Crippen LogP contribution in [-0.4, -0.2) is 54.6 Å². The van der Waals surface area contributed by atoms with Crippen molar-refractivity contribution < 1.29 is 23.1 Å². The van der Waals surface area contributed by atoms with Crippen LogP contribution in [0, 0.1) is 5.92 Å². The van der Waals surface area contributed by atoms with Gasteiger partial charge in [0.1, 0.15) is 0 Å². The lowest BCUT2D eigenvalue weighted by atomic mass is 10.1. The lowest BCUT2D eigenvalue weighted by molar-refractivity contribution is -0.141. The third-order valence-corrected chi connectivity index (χ3v) is 6.10. The molecule has 7 nitrogen and oxygen atoms in total. The van der Waals surface area contributed by atoms with Crippen molar-refractivity contribution >= 4 is 21.9 Å². The predicted octanol–water partition coefficient (Wildman–Crippen LogP) is -0.609. The third kappa shape index (κ3) is 2.89. The largest absolute Gasteiger partial charge is 0.481 e. The van der Waals surface area contributed by atoms with Gasteiger partial charge in [0.2, 0.25) is 15.9 Å². The average molecular weight is 290 g/mol. The molecule has 8 heteroatoms. The van der Waals surface area contributed by atoms with Crippen LogP contribution in [-0.2, 0) is 19.6 Å². The number of nitrogens with one attached hydrogen (secondary N) is 1. The Bertz CT molecular complexity index is 475. The molecule has 1 aliphatic heterocycles. The first-order valence-electron chi connectivity index (χ1n) is 6.41. The molecular weight excluding hydrogens is 272 g/mol. The van der Waals surface area contributed by atoms with Crippen molar-refractivity contribution in [3.05, 3.63) is 0 Å². The summed E-state index contributed by atoms with van der Waals surface area (Å²) in [6.45, 7) is 0.521. The molecule has 0 bridgehead atoms. The molecule has 2 N–H and O–H groups in total. The van der Waals surface area contributed by atoms with Crippen molar-refractivity contribution in [1.82, 2.24) is 9.62 Å². The van der Waals surface area contributed by atoms with Crippen molar-refractivity contribution in [2.24, 2.45) is 5.92 Å². The van der Waals surface area contributed by atoms with Crippen LogP contribution in [0.3, 0.4) is 0 Å². The Hall–Kier alpha value is -1.15. The summed E-state index contributed by atoms with van der Waals surface area (Å²) in [6.07, 6.45) is 1.90. The molecule has 19 heavy (non-hydrogen) atoms. The molecule has 1 heterocycles. The molecule has 2 fully saturated rings. The van der Waals surface area contributed by atoms with Gasteiger partial charge in [-0.05, 0) is 19.3 Å². The van der Waals surface area contributed by atoms with Crippen molar-refractivity contribution in [3.63, 3.8) is 0 Å². The van der Waals surface area contributed by atoms with E-state index in [9.17, 15) is 18.0 Å². The van der Waals surface area contributed by atoms with E-state index < -0.39 is 27.2 Å². The first-order valence-corrected chi connectivity index (χ1v) is 7.91. The topological polar surface area (TPSA) is 104 Å². The molecule has 0 aromatic carbocycles. The highest BCUT2D eigenvalue weighted by Crippen LogP contribution is 2.33. The zero-order valence-electron chi connectivity index (χ0n) is 10.5. The number of hydrogen-bond acceptors (Lipinski definition) is 4. The van der Waals surface area contributed by atoms with Crippen LogP contribution in [0.1, 0.15) is 25.7 Å². The molecule has 2 unspecified atom stereocenters. The van der Waals surface area contributed by atoms with Crippen LogP contribution in [0.5, 0.6) is 0 Å². The monoisotopic (exact) mass is 290 g/mol. The van der Waals surface area contributed by atoms with Crippen LogP contribution in [0.25, 0.3) is 0 Å². The molecule has 0 spiro atoms. The predicted molar refractivity (Wildman–Crippen MR) is 66.9 cm³/mol. The van der Waals surface area contributed by atoms with E-state index in [2.05, 4.69) is 5.32 Å². The van der Waals surface area contributed by atoms with Crippen LogP contribution in [0.15, 0.2) is 0 Å². The molecule has 1 amide bonds. The lowest BCUT2D eigenvalue weighted by Crippen LogP contribution is -2.44. The van der Waals surface area contributed by atoms with Crippen molar-refractivity contribution in [2.45, 2.75) is 30.9 Å². The van der Waals surface area contributed by atoms with Gasteiger partial charge in [0.25, 0.3) is 0 Å². The summed E-state index contributed by atoms with van der Waals surface area (Å²) < 4.78 is 26.1. The van der Waals surface area contributed by atoms with E-state index in [4.69, 9.17) is 5.11 Å². The summed E-state index contributed by atoms with van der Waals surface area (Å²) in [5, 5.41) is 10.8. The van der Waals surface area contributed by atoms with E-state index in [0.717, 1.165) is 4.31 Å². The molecule has 0 aromatic rings. The molecule has 2 atom stereocenters. The second-order valence-electron chi connectivity index (χ2n) is 5.00. The van der Waals surface area contributed by atoms with Gasteiger partial charge in [-0.25, -0.2) is 8.42 Å². The zero-order valence-corrected chi connectivity index (χ0v) is 11.4. The molecule has 1 aliphatic carbocycles. The first kappa shape index (κ1) is 14.3. The van der Waals surface area contributed by atoms with Crippen LogP contribution in [0.2, 0.25) is 0 Å². The summed E-state index contributed by atoms with van der Waals surface area (Å²) >= 11 is 0. The molecule has 0 radical (unpaired) electrons. The maximum atomic E-state index is 12.5. The summed E-state index contributed by atoms with van der Waals surface area (Å²) in [5.41, 5.74) is 0. The Morgan fingerprint density at radius 2 is 2.05 bits per heavy atom. The van der Waals surface area contributed by atoms with Crippen molar-refractivity contribution in [2.75, 3.05) is 19.6 Å². The maximum absolute atomic E-state index is 12.5. The quantitative estimate of drug-likeness (QED) is 0.721. The number of aliphatic carboxylic acids is 1. The minimum Gasteiger partial charge on any atom is -0.481 e. The number of carbonyl (C=O) groups excluding carboxylic acids is 1. The number of carbonyl (C=O) groups is 2. The van der Waals surface area contributed by atoms with Gasteiger partial charge in [0, 0.05) is 13.1 Å². The Balaban J connectivity index is 2.21. The van der Waals surface area contributed by atoms with E-state index >= 15 is 0 Å². The Morgan fingerprint density at radius 1 is 1.32 bits per heavy atom. The zero-order chi connectivity index (χ0) is 14.0. The highest BCUT2D eigenvalue weighted by Gasteiger charge is 2.44. The smallest absolute Gasteiger partial charge is 0.307 e. The highest BCUT2D eigenvalue weighted by molar-refractivity contribution is 7.89. The van der Waals surface area contributed by atoms with Gasteiger partial charge in [-0.1, -0.05) is 6.42 Å². The van der Waals surface area contributed by atoms with E-state index in [1.807, 2.05) is 0 Å². The van der Waals surface area contributed by atoms with Crippen LogP contribution >= 0.6 is 0 Å². The van der Waals surface area contributed by atoms with Gasteiger partial charge in [0.05, 0.1) is 17.7 Å². The standard InChI is InChI=1S/C11H18N2O5S/c14-10-7-13(6-2-5-12-10)19(17,18)9-4-1-3-8(9)11(15)16/h8-9H,1-7H2,(H,12,14)(H,15,16). The fourth-order valence-corrected chi connectivity index (χ4v) is 4.95. The van der Waals surface area contributed by atoms with Crippen LogP contribution < -0.4 is 5.32 Å². The SMILES string of the molecule is O=C1CN(S(=O)(=O)C2CCCC2C(=O)O)CCCN1. The molecular formula is C11H18N2O5S. The summed E-state index contributed by atoms with van der Waals surface area (Å²) in [5.74, 6) is -2.24. The molecule has 0 aromatic heterocycles. The Morgan fingerprint density at radius 3 is 2.74 bits per heavy atom. The number of carboxylic acid groups (broad SMARTS) is 1. The Labute approximate surface area is 112 Å². The first-order chi connectivity index (χ1) is 8.93. The lowest BCUT2D eigenvalue weighted by Gasteiger charge is -2.25. The third-order valence-electron chi connectivity index (χ3n) is 3.74. The molecule has 108 valence electrons. The number of rotatable bonds is 3. The van der Waals surface area contributed by atoms with E-state index in [1.54, 1.807) is 0 Å². The fraction of sp³-hybridized carbons (Fsp3) is 0.818. The summed E-state index contributed by atoms with van der Waals surface area (Å²) in [4.78, 5) is 22.5. The minimum absolute atomic E-state index is 0.203.